The Morgan fingerprint density at radius 2 is 2.29 bits per heavy atom. The third-order valence-electron chi connectivity index (χ3n) is 2.19. The molecule has 1 aromatic heterocycles. The highest BCUT2D eigenvalue weighted by molar-refractivity contribution is 7.99. The van der Waals surface area contributed by atoms with E-state index in [0.717, 1.165) is 0 Å². The fourth-order valence-corrected chi connectivity index (χ4v) is 1.36. The summed E-state index contributed by atoms with van der Waals surface area (Å²) >= 11 is 1.65. The number of amides is 1. The quantitative estimate of drug-likeness (QED) is 0.827. The highest BCUT2D eigenvalue weighted by Crippen LogP contribution is 2.05. The lowest BCUT2D eigenvalue weighted by Crippen LogP contribution is -2.29. The van der Waals surface area contributed by atoms with Crippen molar-refractivity contribution in [2.24, 2.45) is 0 Å². The minimum Gasteiger partial charge on any atom is -0.477 e. The topological polar surface area (TPSA) is 79.3 Å². The molecule has 1 amide bonds. The SMILES string of the molecule is CSC(C)CNC(=O)c1ccnc(C(=O)O)c1. The number of carboxylic acid groups (broad SMARTS) is 1. The van der Waals surface area contributed by atoms with E-state index in [-0.39, 0.29) is 11.6 Å². The Bertz CT molecular complexity index is 423. The summed E-state index contributed by atoms with van der Waals surface area (Å²) in [6.07, 6.45) is 3.28. The van der Waals surface area contributed by atoms with Gasteiger partial charge in [0.1, 0.15) is 5.69 Å². The lowest BCUT2D eigenvalue weighted by molar-refractivity contribution is 0.0690. The van der Waals surface area contributed by atoms with Crippen molar-refractivity contribution in [3.05, 3.63) is 29.6 Å². The third kappa shape index (κ3) is 4.07. The number of carbonyl (C=O) groups excluding carboxylic acids is 1. The number of nitrogens with zero attached hydrogens (tertiary/aromatic N) is 1. The van der Waals surface area contributed by atoms with Crippen LogP contribution >= 0.6 is 11.8 Å². The van der Waals surface area contributed by atoms with Gasteiger partial charge in [0.15, 0.2) is 0 Å². The lowest BCUT2D eigenvalue weighted by atomic mass is 10.2. The molecule has 0 aromatic carbocycles. The van der Waals surface area contributed by atoms with Crippen LogP contribution in [0.2, 0.25) is 0 Å². The zero-order chi connectivity index (χ0) is 12.8. The first kappa shape index (κ1) is 13.5. The number of carboxylic acids is 1. The first-order valence-electron chi connectivity index (χ1n) is 5.05. The molecule has 92 valence electrons. The number of pyridine rings is 1. The molecule has 1 aromatic rings. The van der Waals surface area contributed by atoms with Crippen molar-refractivity contribution in [1.29, 1.82) is 0 Å². The van der Waals surface area contributed by atoms with Crippen LogP contribution in [0.4, 0.5) is 0 Å². The molecule has 1 unspecified atom stereocenters. The molecular formula is C11H14N2O3S. The van der Waals surface area contributed by atoms with Crippen LogP contribution in [0.3, 0.4) is 0 Å². The minimum atomic E-state index is -1.14. The Kier molecular flexibility index (Phi) is 4.96. The average Bonchev–Trinajstić information content (AvgIpc) is 2.35. The third-order valence-corrected chi connectivity index (χ3v) is 3.17. The molecule has 2 N–H and O–H groups in total. The summed E-state index contributed by atoms with van der Waals surface area (Å²) in [5.41, 5.74) is 0.182. The summed E-state index contributed by atoms with van der Waals surface area (Å²) in [6, 6.07) is 2.76. The van der Waals surface area contributed by atoms with Gasteiger partial charge in [-0.1, -0.05) is 6.92 Å². The average molecular weight is 254 g/mol. The van der Waals surface area contributed by atoms with Gasteiger partial charge in [0, 0.05) is 23.6 Å². The van der Waals surface area contributed by atoms with Crippen molar-refractivity contribution in [2.45, 2.75) is 12.2 Å². The smallest absolute Gasteiger partial charge is 0.354 e. The number of aromatic nitrogens is 1. The predicted molar refractivity (Wildman–Crippen MR) is 66.5 cm³/mol. The van der Waals surface area contributed by atoms with Gasteiger partial charge in [-0.15, -0.1) is 0 Å². The molecule has 0 spiro atoms. The molecule has 1 rings (SSSR count). The molecule has 1 atom stereocenters. The van der Waals surface area contributed by atoms with E-state index in [4.69, 9.17) is 5.11 Å². The van der Waals surface area contributed by atoms with Gasteiger partial charge in [-0.2, -0.15) is 11.8 Å². The van der Waals surface area contributed by atoms with Gasteiger partial charge in [-0.25, -0.2) is 9.78 Å². The summed E-state index contributed by atoms with van der Waals surface area (Å²) in [4.78, 5) is 26.0. The standard InChI is InChI=1S/C11H14N2O3S/c1-7(17-2)6-13-10(14)8-3-4-12-9(5-8)11(15)16/h3-5,7H,6H2,1-2H3,(H,13,14)(H,15,16). The highest BCUT2D eigenvalue weighted by Gasteiger charge is 2.11. The fraction of sp³-hybridized carbons (Fsp3) is 0.364. The molecule has 0 saturated heterocycles. The molecule has 0 aliphatic carbocycles. The van der Waals surface area contributed by atoms with E-state index in [2.05, 4.69) is 10.3 Å². The Labute approximate surface area is 104 Å². The molecule has 0 saturated carbocycles. The molecule has 0 bridgehead atoms. The van der Waals surface area contributed by atoms with Crippen LogP contribution in [-0.4, -0.2) is 40.0 Å². The molecule has 0 aliphatic heterocycles. The summed E-state index contributed by atoms with van der Waals surface area (Å²) in [6.45, 7) is 2.55. The van der Waals surface area contributed by atoms with Crippen LogP contribution in [0, 0.1) is 0 Å². The van der Waals surface area contributed by atoms with Gasteiger partial charge >= 0.3 is 5.97 Å². The number of aromatic carboxylic acids is 1. The van der Waals surface area contributed by atoms with Crippen LogP contribution in [0.15, 0.2) is 18.3 Å². The molecule has 5 nitrogen and oxygen atoms in total. The largest absolute Gasteiger partial charge is 0.477 e. The monoisotopic (exact) mass is 254 g/mol. The molecular weight excluding hydrogens is 240 g/mol. The van der Waals surface area contributed by atoms with Gasteiger partial charge in [-0.05, 0) is 18.4 Å². The number of thioether (sulfide) groups is 1. The fourth-order valence-electron chi connectivity index (χ4n) is 1.11. The molecule has 17 heavy (non-hydrogen) atoms. The maximum absolute atomic E-state index is 11.7. The van der Waals surface area contributed by atoms with E-state index in [1.165, 1.54) is 18.3 Å². The second-order valence-corrected chi connectivity index (χ2v) is 4.77. The summed E-state index contributed by atoms with van der Waals surface area (Å²) in [5, 5.41) is 11.8. The Morgan fingerprint density at radius 3 is 2.88 bits per heavy atom. The number of hydrogen-bond donors (Lipinski definition) is 2. The van der Waals surface area contributed by atoms with E-state index < -0.39 is 5.97 Å². The number of rotatable bonds is 5. The summed E-state index contributed by atoms with van der Waals surface area (Å²) in [5.74, 6) is -1.42. The summed E-state index contributed by atoms with van der Waals surface area (Å²) < 4.78 is 0. The molecule has 0 fully saturated rings. The van der Waals surface area contributed by atoms with Gasteiger partial charge in [0.05, 0.1) is 0 Å². The Balaban J connectivity index is 2.69. The number of hydrogen-bond acceptors (Lipinski definition) is 4. The van der Waals surface area contributed by atoms with Crippen LogP contribution in [-0.2, 0) is 0 Å². The van der Waals surface area contributed by atoms with Crippen molar-refractivity contribution in [1.82, 2.24) is 10.3 Å². The highest BCUT2D eigenvalue weighted by atomic mass is 32.2. The van der Waals surface area contributed by atoms with E-state index in [9.17, 15) is 9.59 Å². The minimum absolute atomic E-state index is 0.129. The van der Waals surface area contributed by atoms with Crippen molar-refractivity contribution in [3.8, 4) is 0 Å². The second kappa shape index (κ2) is 6.24. The summed E-state index contributed by atoms with van der Waals surface area (Å²) in [7, 11) is 0. The van der Waals surface area contributed by atoms with Gasteiger partial charge < -0.3 is 10.4 Å². The zero-order valence-corrected chi connectivity index (χ0v) is 10.5. The maximum Gasteiger partial charge on any atom is 0.354 e. The van der Waals surface area contributed by atoms with Gasteiger partial charge in [0.2, 0.25) is 0 Å². The molecule has 1 heterocycles. The van der Waals surface area contributed by atoms with Crippen LogP contribution in [0.5, 0.6) is 0 Å². The molecule has 0 aliphatic rings. The van der Waals surface area contributed by atoms with Gasteiger partial charge in [0.25, 0.3) is 5.91 Å². The van der Waals surface area contributed by atoms with Crippen molar-refractivity contribution in [3.63, 3.8) is 0 Å². The van der Waals surface area contributed by atoms with Crippen LogP contribution < -0.4 is 5.32 Å². The van der Waals surface area contributed by atoms with Crippen LogP contribution in [0.25, 0.3) is 0 Å². The molecule has 0 radical (unpaired) electrons. The van der Waals surface area contributed by atoms with Crippen molar-refractivity contribution < 1.29 is 14.7 Å². The first-order chi connectivity index (χ1) is 8.04. The van der Waals surface area contributed by atoms with Crippen LogP contribution in [0.1, 0.15) is 27.8 Å². The Hall–Kier alpha value is -1.56. The molecule has 6 heteroatoms. The number of carbonyl (C=O) groups is 2. The normalized spacial score (nSPS) is 11.9. The Morgan fingerprint density at radius 1 is 1.59 bits per heavy atom. The van der Waals surface area contributed by atoms with Gasteiger partial charge in [-0.3, -0.25) is 4.79 Å². The van der Waals surface area contributed by atoms with E-state index in [1.807, 2.05) is 13.2 Å². The van der Waals surface area contributed by atoms with E-state index in [1.54, 1.807) is 11.8 Å². The maximum atomic E-state index is 11.7. The first-order valence-corrected chi connectivity index (χ1v) is 6.33. The second-order valence-electron chi connectivity index (χ2n) is 3.49. The number of nitrogens with one attached hydrogen (secondary N) is 1. The van der Waals surface area contributed by atoms with E-state index in [0.29, 0.717) is 17.4 Å². The van der Waals surface area contributed by atoms with Crippen molar-refractivity contribution in [2.75, 3.05) is 12.8 Å². The van der Waals surface area contributed by atoms with Crippen molar-refractivity contribution >= 4 is 23.6 Å². The lowest BCUT2D eigenvalue weighted by Gasteiger charge is -2.09. The predicted octanol–water partition coefficient (Wildman–Crippen LogP) is 1.26. The van der Waals surface area contributed by atoms with E-state index >= 15 is 0 Å². The zero-order valence-electron chi connectivity index (χ0n) is 9.64.